The van der Waals surface area contributed by atoms with Crippen LogP contribution >= 0.6 is 0 Å². The molecule has 24 heavy (non-hydrogen) atoms. The predicted octanol–water partition coefficient (Wildman–Crippen LogP) is 3.23. The Morgan fingerprint density at radius 3 is 2.54 bits per heavy atom. The van der Waals surface area contributed by atoms with E-state index < -0.39 is 22.8 Å². The summed E-state index contributed by atoms with van der Waals surface area (Å²) in [7, 11) is 0. The molecule has 1 aromatic carbocycles. The molecule has 6 heteroatoms. The Kier molecular flexibility index (Phi) is 4.69. The quantitative estimate of drug-likeness (QED) is 0.655. The van der Waals surface area contributed by atoms with E-state index in [0.717, 1.165) is 4.90 Å². The largest absolute Gasteiger partial charge is 0.464 e. The second kappa shape index (κ2) is 6.26. The number of rotatable bonds is 4. The number of hydrazone groups is 1. The summed E-state index contributed by atoms with van der Waals surface area (Å²) in [5, 5.41) is 13.8. The fraction of sp³-hybridized carbons (Fsp3) is 0.500. The Morgan fingerprint density at radius 1 is 1.38 bits per heavy atom. The number of nitrogens with one attached hydrogen (secondary N) is 1. The number of benzene rings is 1. The molecule has 6 nitrogen and oxygen atoms in total. The van der Waals surface area contributed by atoms with Gasteiger partial charge < -0.3 is 10.5 Å². The molecule has 2 N–H and O–H groups in total. The van der Waals surface area contributed by atoms with Gasteiger partial charge in [0.15, 0.2) is 0 Å². The molecule has 0 aromatic heterocycles. The van der Waals surface area contributed by atoms with Crippen LogP contribution in [-0.2, 0) is 10.2 Å². The van der Waals surface area contributed by atoms with E-state index in [9.17, 15) is 14.7 Å². The third kappa shape index (κ3) is 2.77. The second-order valence-corrected chi connectivity index (χ2v) is 7.51. The van der Waals surface area contributed by atoms with Crippen molar-refractivity contribution in [2.45, 2.75) is 40.0 Å². The fourth-order valence-corrected chi connectivity index (χ4v) is 3.01. The minimum Gasteiger partial charge on any atom is -0.464 e. The molecule has 0 saturated carbocycles. The van der Waals surface area contributed by atoms with Gasteiger partial charge in [0.25, 0.3) is 5.91 Å². The molecule has 1 heterocycles. The van der Waals surface area contributed by atoms with Gasteiger partial charge in [-0.1, -0.05) is 52.8 Å². The van der Waals surface area contributed by atoms with E-state index >= 15 is 0 Å². The molecular formula is C18H25N3O3. The Labute approximate surface area is 142 Å². The fourth-order valence-electron chi connectivity index (χ4n) is 3.01. The van der Waals surface area contributed by atoms with E-state index in [0.29, 0.717) is 23.7 Å². The molecule has 0 radical (unpaired) electrons. The van der Waals surface area contributed by atoms with Crippen LogP contribution in [-0.4, -0.2) is 29.9 Å². The molecule has 2 amide bonds. The van der Waals surface area contributed by atoms with Gasteiger partial charge in [0, 0.05) is 12.8 Å². The minimum atomic E-state index is -1.28. The lowest BCUT2D eigenvalue weighted by Crippen LogP contribution is -2.51. The molecule has 0 saturated heterocycles. The van der Waals surface area contributed by atoms with Crippen molar-refractivity contribution in [1.29, 1.82) is 0 Å². The van der Waals surface area contributed by atoms with Crippen LogP contribution in [0, 0.1) is 11.3 Å². The van der Waals surface area contributed by atoms with E-state index in [1.807, 2.05) is 26.8 Å². The number of hydrogen-bond donors (Lipinski definition) is 2. The molecule has 1 unspecified atom stereocenters. The maximum Gasteiger partial charge on any atom is 0.418 e. The highest BCUT2D eigenvalue weighted by molar-refractivity contribution is 6.27. The van der Waals surface area contributed by atoms with Gasteiger partial charge in [-0.25, -0.2) is 9.69 Å². The highest BCUT2D eigenvalue weighted by Crippen LogP contribution is 2.50. The second-order valence-electron chi connectivity index (χ2n) is 7.51. The number of carbonyl (C=O) groups is 2. The number of nitrogens with zero attached hydrogens (tertiary/aromatic N) is 2. The van der Waals surface area contributed by atoms with Crippen molar-refractivity contribution in [3.8, 4) is 0 Å². The third-order valence-electron chi connectivity index (χ3n) is 4.33. The molecular weight excluding hydrogens is 306 g/mol. The van der Waals surface area contributed by atoms with Crippen LogP contribution in [0.5, 0.6) is 0 Å². The summed E-state index contributed by atoms with van der Waals surface area (Å²) in [4.78, 5) is 25.6. The van der Waals surface area contributed by atoms with Crippen LogP contribution < -0.4 is 10.3 Å². The zero-order valence-corrected chi connectivity index (χ0v) is 14.8. The number of hydrogen-bond acceptors (Lipinski definition) is 4. The van der Waals surface area contributed by atoms with E-state index in [1.54, 1.807) is 24.4 Å². The average molecular weight is 331 g/mol. The van der Waals surface area contributed by atoms with Crippen molar-refractivity contribution < 1.29 is 14.7 Å². The summed E-state index contributed by atoms with van der Waals surface area (Å²) < 4.78 is 0. The third-order valence-corrected chi connectivity index (χ3v) is 4.33. The zero-order chi connectivity index (χ0) is 18.1. The standard InChI is InChI=1S/C18H25N3O3/c1-12(2)10-19-20-11-18(17(3,4)5)13-8-6-7-9-14(13)21(15(18)22)16(23)24/h6-9,11-12,19H,10H2,1-5H3,(H,23,24)/b20-11+. The summed E-state index contributed by atoms with van der Waals surface area (Å²) >= 11 is 0. The molecule has 0 bridgehead atoms. The number of anilines is 1. The van der Waals surface area contributed by atoms with Gasteiger partial charge in [-0.2, -0.15) is 5.10 Å². The maximum atomic E-state index is 13.1. The number of amides is 2. The van der Waals surface area contributed by atoms with E-state index in [-0.39, 0.29) is 0 Å². The lowest BCUT2D eigenvalue weighted by molar-refractivity contribution is -0.123. The van der Waals surface area contributed by atoms with Gasteiger partial charge in [-0.15, -0.1) is 0 Å². The number of carboxylic acid groups (broad SMARTS) is 1. The topological polar surface area (TPSA) is 82.0 Å². The van der Waals surface area contributed by atoms with Crippen LogP contribution in [0.3, 0.4) is 0 Å². The van der Waals surface area contributed by atoms with Crippen molar-refractivity contribution >= 4 is 23.9 Å². The van der Waals surface area contributed by atoms with Crippen LogP contribution in [0.4, 0.5) is 10.5 Å². The smallest absolute Gasteiger partial charge is 0.418 e. The zero-order valence-electron chi connectivity index (χ0n) is 14.8. The van der Waals surface area contributed by atoms with Crippen LogP contribution in [0.2, 0.25) is 0 Å². The summed E-state index contributed by atoms with van der Waals surface area (Å²) in [6.07, 6.45) is 0.293. The molecule has 1 aliphatic rings. The molecule has 0 spiro atoms. The van der Waals surface area contributed by atoms with Gasteiger partial charge in [-0.05, 0) is 23.0 Å². The number of fused-ring (bicyclic) bond motifs is 1. The molecule has 0 aliphatic carbocycles. The summed E-state index contributed by atoms with van der Waals surface area (Å²) in [5.74, 6) is -0.0754. The molecule has 130 valence electrons. The first-order valence-corrected chi connectivity index (χ1v) is 8.07. The molecule has 1 aromatic rings. The van der Waals surface area contributed by atoms with Crippen molar-refractivity contribution in [2.24, 2.45) is 16.4 Å². The Bertz CT molecular complexity index is 676. The maximum absolute atomic E-state index is 13.1. The number of carbonyl (C=O) groups excluding carboxylic acids is 1. The van der Waals surface area contributed by atoms with Crippen LogP contribution in [0.25, 0.3) is 0 Å². The molecule has 1 atom stereocenters. The van der Waals surface area contributed by atoms with Gasteiger partial charge in [0.05, 0.1) is 5.69 Å². The average Bonchev–Trinajstić information content (AvgIpc) is 2.72. The predicted molar refractivity (Wildman–Crippen MR) is 94.4 cm³/mol. The SMILES string of the molecule is CC(C)CN/N=C/C1(C(C)(C)C)C(=O)N(C(=O)O)c2ccccc21. The van der Waals surface area contributed by atoms with Gasteiger partial charge >= 0.3 is 6.09 Å². The molecule has 2 rings (SSSR count). The van der Waals surface area contributed by atoms with Crippen molar-refractivity contribution in [3.63, 3.8) is 0 Å². The summed E-state index contributed by atoms with van der Waals surface area (Å²) in [6.45, 7) is 10.5. The molecule has 1 aliphatic heterocycles. The van der Waals surface area contributed by atoms with Gasteiger partial charge in [0.1, 0.15) is 5.41 Å². The van der Waals surface area contributed by atoms with Crippen molar-refractivity contribution in [1.82, 2.24) is 5.43 Å². The monoisotopic (exact) mass is 331 g/mol. The first kappa shape index (κ1) is 18.0. The van der Waals surface area contributed by atoms with E-state index in [2.05, 4.69) is 24.4 Å². The minimum absolute atomic E-state index is 0.403. The van der Waals surface area contributed by atoms with Crippen LogP contribution in [0.1, 0.15) is 40.2 Å². The normalized spacial score (nSPS) is 20.8. The van der Waals surface area contributed by atoms with Crippen LogP contribution in [0.15, 0.2) is 29.4 Å². The summed E-state index contributed by atoms with van der Waals surface area (Å²) in [5.41, 5.74) is 2.34. The first-order chi connectivity index (χ1) is 11.1. The Balaban J connectivity index is 2.59. The van der Waals surface area contributed by atoms with E-state index in [4.69, 9.17) is 0 Å². The first-order valence-electron chi connectivity index (χ1n) is 8.07. The Morgan fingerprint density at radius 2 is 2.00 bits per heavy atom. The number of imide groups is 1. The van der Waals surface area contributed by atoms with E-state index in [1.165, 1.54) is 0 Å². The van der Waals surface area contributed by atoms with Crippen molar-refractivity contribution in [3.05, 3.63) is 29.8 Å². The van der Waals surface area contributed by atoms with Gasteiger partial charge in [-0.3, -0.25) is 4.79 Å². The van der Waals surface area contributed by atoms with Crippen molar-refractivity contribution in [2.75, 3.05) is 11.4 Å². The highest BCUT2D eigenvalue weighted by Gasteiger charge is 2.58. The lowest BCUT2D eigenvalue weighted by atomic mass is 9.64. The van der Waals surface area contributed by atoms with Gasteiger partial charge in [0.2, 0.25) is 0 Å². The molecule has 0 fully saturated rings. The summed E-state index contributed by atoms with van der Waals surface area (Å²) in [6, 6.07) is 7.00. The Hall–Kier alpha value is -2.37. The number of para-hydroxylation sites is 1. The lowest BCUT2D eigenvalue weighted by Gasteiger charge is -2.37. The highest BCUT2D eigenvalue weighted by atomic mass is 16.4.